The van der Waals surface area contributed by atoms with Crippen molar-refractivity contribution in [2.75, 3.05) is 0 Å². The third-order valence-electron chi connectivity index (χ3n) is 3.38. The zero-order valence-electron chi connectivity index (χ0n) is 10.1. The number of benzene rings is 1. The third kappa shape index (κ3) is 2.83. The highest BCUT2D eigenvalue weighted by Crippen LogP contribution is 2.35. The highest BCUT2D eigenvalue weighted by Gasteiger charge is 2.40. The van der Waals surface area contributed by atoms with Crippen molar-refractivity contribution in [1.29, 1.82) is 0 Å². The van der Waals surface area contributed by atoms with Gasteiger partial charge in [-0.25, -0.2) is 4.39 Å². The van der Waals surface area contributed by atoms with Crippen LogP contribution < -0.4 is 5.32 Å². The summed E-state index contributed by atoms with van der Waals surface area (Å²) in [6.45, 7) is 0. The molecule has 102 valence electrons. The van der Waals surface area contributed by atoms with E-state index in [9.17, 15) is 19.1 Å². The summed E-state index contributed by atoms with van der Waals surface area (Å²) in [7, 11) is 0. The minimum absolute atomic E-state index is 0.0573. The second-order valence-corrected chi connectivity index (χ2v) is 4.82. The minimum Gasteiger partial charge on any atom is -0.507 e. The van der Waals surface area contributed by atoms with Crippen molar-refractivity contribution in [3.05, 3.63) is 29.6 Å². The topological polar surface area (TPSA) is 86.6 Å². The Balaban J connectivity index is 2.13. The molecule has 0 aromatic heterocycles. The molecule has 0 radical (unpaired) electrons. The molecule has 3 N–H and O–H groups in total. The second-order valence-electron chi connectivity index (χ2n) is 4.82. The summed E-state index contributed by atoms with van der Waals surface area (Å²) in [6.07, 6.45) is 1.88. The zero-order chi connectivity index (χ0) is 14.0. The molecule has 0 atom stereocenters. The van der Waals surface area contributed by atoms with Gasteiger partial charge < -0.3 is 15.5 Å². The van der Waals surface area contributed by atoms with Crippen molar-refractivity contribution in [3.8, 4) is 5.75 Å². The van der Waals surface area contributed by atoms with Crippen LogP contribution in [0.4, 0.5) is 4.39 Å². The Morgan fingerprint density at radius 1 is 1.37 bits per heavy atom. The number of carbonyl (C=O) groups is 2. The lowest BCUT2D eigenvalue weighted by molar-refractivity contribution is -0.139. The number of rotatable bonds is 4. The van der Waals surface area contributed by atoms with Crippen LogP contribution in [0.25, 0.3) is 0 Å². The van der Waals surface area contributed by atoms with E-state index in [-0.39, 0.29) is 12.0 Å². The van der Waals surface area contributed by atoms with Crippen LogP contribution in [0.1, 0.15) is 36.0 Å². The molecule has 1 amide bonds. The van der Waals surface area contributed by atoms with E-state index < -0.39 is 29.0 Å². The van der Waals surface area contributed by atoms with Gasteiger partial charge in [-0.1, -0.05) is 0 Å². The molecule has 0 saturated heterocycles. The smallest absolute Gasteiger partial charge is 0.305 e. The molecule has 0 unspecified atom stereocenters. The zero-order valence-corrected chi connectivity index (χ0v) is 10.1. The minimum atomic E-state index is -0.983. The molecule has 1 fully saturated rings. The number of nitrogens with one attached hydrogen (secondary N) is 1. The molecule has 0 aliphatic heterocycles. The quantitative estimate of drug-likeness (QED) is 0.774. The van der Waals surface area contributed by atoms with E-state index in [2.05, 4.69) is 5.32 Å². The molecular weight excluding hydrogens is 253 g/mol. The monoisotopic (exact) mass is 267 g/mol. The average Bonchev–Trinajstić information content (AvgIpc) is 2.25. The lowest BCUT2D eigenvalue weighted by atomic mass is 9.74. The highest BCUT2D eigenvalue weighted by molar-refractivity contribution is 5.97. The molecule has 19 heavy (non-hydrogen) atoms. The Bertz CT molecular complexity index is 525. The highest BCUT2D eigenvalue weighted by atomic mass is 19.1. The van der Waals surface area contributed by atoms with Gasteiger partial charge in [-0.3, -0.25) is 9.59 Å². The van der Waals surface area contributed by atoms with Gasteiger partial charge in [0.1, 0.15) is 11.6 Å². The van der Waals surface area contributed by atoms with Crippen LogP contribution in [-0.4, -0.2) is 27.6 Å². The number of hydrogen-bond acceptors (Lipinski definition) is 3. The first-order valence-electron chi connectivity index (χ1n) is 5.95. The van der Waals surface area contributed by atoms with E-state index in [1.54, 1.807) is 0 Å². The molecule has 1 aromatic rings. The Kier molecular flexibility index (Phi) is 3.42. The van der Waals surface area contributed by atoms with Crippen molar-refractivity contribution >= 4 is 11.9 Å². The standard InChI is InChI=1S/C13H14FNO4/c14-8-2-3-9(10(16)6-8)12(19)15-13(4-1-5-13)7-11(17)18/h2-3,6,16H,1,4-5,7H2,(H,15,19)(H,17,18). The fourth-order valence-corrected chi connectivity index (χ4v) is 2.24. The van der Waals surface area contributed by atoms with Crippen molar-refractivity contribution in [1.82, 2.24) is 5.32 Å². The molecule has 1 aliphatic carbocycles. The van der Waals surface area contributed by atoms with E-state index >= 15 is 0 Å². The van der Waals surface area contributed by atoms with Gasteiger partial charge >= 0.3 is 5.97 Å². The van der Waals surface area contributed by atoms with Gasteiger partial charge in [0.25, 0.3) is 5.91 Å². The maximum absolute atomic E-state index is 12.8. The van der Waals surface area contributed by atoms with Crippen LogP contribution in [0.3, 0.4) is 0 Å². The van der Waals surface area contributed by atoms with Gasteiger partial charge in [-0.05, 0) is 31.4 Å². The summed E-state index contributed by atoms with van der Waals surface area (Å²) in [6, 6.07) is 3.09. The van der Waals surface area contributed by atoms with E-state index in [1.165, 1.54) is 6.07 Å². The molecule has 0 bridgehead atoms. The molecule has 2 rings (SSSR count). The second kappa shape index (κ2) is 4.87. The summed E-state index contributed by atoms with van der Waals surface area (Å²) in [5.41, 5.74) is -0.804. The van der Waals surface area contributed by atoms with Crippen LogP contribution in [0, 0.1) is 5.82 Å². The van der Waals surface area contributed by atoms with Gasteiger partial charge in [0.2, 0.25) is 0 Å². The summed E-state index contributed by atoms with van der Waals surface area (Å²) in [4.78, 5) is 22.8. The van der Waals surface area contributed by atoms with Gasteiger partial charge in [-0.2, -0.15) is 0 Å². The van der Waals surface area contributed by atoms with Crippen molar-refractivity contribution in [2.45, 2.75) is 31.2 Å². The SMILES string of the molecule is O=C(O)CC1(NC(=O)c2ccc(F)cc2O)CCC1. The number of phenols is 1. The fraction of sp³-hybridized carbons (Fsp3) is 0.385. The molecule has 6 heteroatoms. The molecule has 1 aromatic carbocycles. The summed E-state index contributed by atoms with van der Waals surface area (Å²) >= 11 is 0. The third-order valence-corrected chi connectivity index (χ3v) is 3.38. The van der Waals surface area contributed by atoms with Crippen LogP contribution in [0.15, 0.2) is 18.2 Å². The number of hydrogen-bond donors (Lipinski definition) is 3. The van der Waals surface area contributed by atoms with Crippen molar-refractivity contribution in [2.24, 2.45) is 0 Å². The summed E-state index contributed by atoms with van der Waals surface area (Å²) in [5, 5.41) is 21.0. The molecule has 0 spiro atoms. The number of aromatic hydroxyl groups is 1. The average molecular weight is 267 g/mol. The van der Waals surface area contributed by atoms with Gasteiger partial charge in [0.15, 0.2) is 0 Å². The molecular formula is C13H14FNO4. The Labute approximate surface area is 109 Å². The number of carbonyl (C=O) groups excluding carboxylic acids is 1. The Morgan fingerprint density at radius 2 is 2.05 bits per heavy atom. The van der Waals surface area contributed by atoms with E-state index in [4.69, 9.17) is 5.11 Å². The summed E-state index contributed by atoms with van der Waals surface area (Å²) < 4.78 is 12.8. The maximum Gasteiger partial charge on any atom is 0.305 e. The lowest BCUT2D eigenvalue weighted by Gasteiger charge is -2.41. The molecule has 0 heterocycles. The van der Waals surface area contributed by atoms with Crippen LogP contribution >= 0.6 is 0 Å². The number of phenolic OH excluding ortho intramolecular Hbond substituents is 1. The van der Waals surface area contributed by atoms with Gasteiger partial charge in [-0.15, -0.1) is 0 Å². The number of halogens is 1. The number of aliphatic carboxylic acids is 1. The predicted octanol–water partition coefficient (Wildman–Crippen LogP) is 1.66. The van der Waals surface area contributed by atoms with E-state index in [0.29, 0.717) is 12.8 Å². The van der Waals surface area contributed by atoms with Gasteiger partial charge in [0.05, 0.1) is 17.5 Å². The fourth-order valence-electron chi connectivity index (χ4n) is 2.24. The van der Waals surface area contributed by atoms with Gasteiger partial charge in [0, 0.05) is 6.07 Å². The molecule has 1 aliphatic rings. The Morgan fingerprint density at radius 3 is 2.53 bits per heavy atom. The van der Waals surface area contributed by atoms with Crippen LogP contribution in [-0.2, 0) is 4.79 Å². The Hall–Kier alpha value is -2.11. The first kappa shape index (κ1) is 13.3. The molecule has 5 nitrogen and oxygen atoms in total. The maximum atomic E-state index is 12.8. The number of carboxylic acids is 1. The largest absolute Gasteiger partial charge is 0.507 e. The van der Waals surface area contributed by atoms with Crippen molar-refractivity contribution < 1.29 is 24.2 Å². The molecule has 1 saturated carbocycles. The van der Waals surface area contributed by atoms with Crippen LogP contribution in [0.2, 0.25) is 0 Å². The van der Waals surface area contributed by atoms with Crippen LogP contribution in [0.5, 0.6) is 5.75 Å². The first-order valence-corrected chi connectivity index (χ1v) is 5.95. The predicted molar refractivity (Wildman–Crippen MR) is 64.4 cm³/mol. The normalized spacial score (nSPS) is 16.5. The van der Waals surface area contributed by atoms with Crippen molar-refractivity contribution in [3.63, 3.8) is 0 Å². The number of carboxylic acid groups (broad SMARTS) is 1. The number of amides is 1. The summed E-state index contributed by atoms with van der Waals surface area (Å²) in [5.74, 6) is -2.66. The van der Waals surface area contributed by atoms with E-state index in [1.807, 2.05) is 0 Å². The van der Waals surface area contributed by atoms with E-state index in [0.717, 1.165) is 18.6 Å². The first-order chi connectivity index (χ1) is 8.92. The lowest BCUT2D eigenvalue weighted by Crippen LogP contribution is -2.54.